The van der Waals surface area contributed by atoms with Crippen LogP contribution in [0.4, 0.5) is 5.69 Å². The van der Waals surface area contributed by atoms with Crippen molar-refractivity contribution in [2.24, 2.45) is 0 Å². The van der Waals surface area contributed by atoms with E-state index in [0.29, 0.717) is 17.9 Å². The zero-order valence-electron chi connectivity index (χ0n) is 15.5. The van der Waals surface area contributed by atoms with Gasteiger partial charge >= 0.3 is 5.97 Å². The van der Waals surface area contributed by atoms with Crippen molar-refractivity contribution in [1.82, 2.24) is 0 Å². The van der Waals surface area contributed by atoms with Gasteiger partial charge in [-0.2, -0.15) is 0 Å². The average Bonchev–Trinajstić information content (AvgIpc) is 2.70. The van der Waals surface area contributed by atoms with Gasteiger partial charge in [-0.25, -0.2) is 8.42 Å². The van der Waals surface area contributed by atoms with Gasteiger partial charge in [-0.05, 0) is 30.7 Å². The van der Waals surface area contributed by atoms with Gasteiger partial charge in [0.2, 0.25) is 0 Å². The quantitative estimate of drug-likeness (QED) is 0.610. The standard InChI is InChI=1S/C19H23NO6S/c1-4-12-26-19(21)14-20(27(22,23)16-8-6-5-7-9-16)17-13-15(24-2)10-11-18(17)25-3/h5-11,13H,4,12,14H2,1-3H3. The van der Waals surface area contributed by atoms with Crippen LogP contribution in [-0.4, -0.2) is 41.8 Å². The zero-order valence-corrected chi connectivity index (χ0v) is 16.4. The number of nitrogens with zero attached hydrogens (tertiary/aromatic N) is 1. The van der Waals surface area contributed by atoms with E-state index in [4.69, 9.17) is 14.2 Å². The van der Waals surface area contributed by atoms with Crippen molar-refractivity contribution in [3.63, 3.8) is 0 Å². The Balaban J connectivity index is 2.55. The van der Waals surface area contributed by atoms with Crippen molar-refractivity contribution < 1.29 is 27.4 Å². The lowest BCUT2D eigenvalue weighted by Crippen LogP contribution is -2.37. The summed E-state index contributed by atoms with van der Waals surface area (Å²) < 4.78 is 43.0. The number of hydrogen-bond donors (Lipinski definition) is 0. The lowest BCUT2D eigenvalue weighted by molar-refractivity contribution is -0.141. The number of hydrogen-bond acceptors (Lipinski definition) is 6. The fraction of sp³-hybridized carbons (Fsp3) is 0.316. The van der Waals surface area contributed by atoms with E-state index in [1.165, 1.54) is 32.4 Å². The molecule has 0 radical (unpaired) electrons. The smallest absolute Gasteiger partial charge is 0.326 e. The van der Waals surface area contributed by atoms with E-state index in [0.717, 1.165) is 4.31 Å². The number of methoxy groups -OCH3 is 2. The number of benzene rings is 2. The summed E-state index contributed by atoms with van der Waals surface area (Å²) in [4.78, 5) is 12.3. The van der Waals surface area contributed by atoms with Gasteiger partial charge in [0.05, 0.1) is 31.4 Å². The Kier molecular flexibility index (Phi) is 7.06. The van der Waals surface area contributed by atoms with E-state index in [-0.39, 0.29) is 17.2 Å². The minimum Gasteiger partial charge on any atom is -0.497 e. The highest BCUT2D eigenvalue weighted by molar-refractivity contribution is 7.92. The highest BCUT2D eigenvalue weighted by atomic mass is 32.2. The zero-order chi connectivity index (χ0) is 19.9. The summed E-state index contributed by atoms with van der Waals surface area (Å²) in [5.74, 6) is 0.0702. The summed E-state index contributed by atoms with van der Waals surface area (Å²) >= 11 is 0. The molecule has 0 aliphatic carbocycles. The Bertz CT molecular complexity index is 867. The highest BCUT2D eigenvalue weighted by Crippen LogP contribution is 2.35. The third-order valence-electron chi connectivity index (χ3n) is 3.73. The lowest BCUT2D eigenvalue weighted by atomic mass is 10.2. The van der Waals surface area contributed by atoms with Crippen LogP contribution in [0.25, 0.3) is 0 Å². The molecule has 0 N–H and O–H groups in total. The maximum Gasteiger partial charge on any atom is 0.326 e. The monoisotopic (exact) mass is 393 g/mol. The van der Waals surface area contributed by atoms with E-state index in [1.807, 2.05) is 6.92 Å². The van der Waals surface area contributed by atoms with Gasteiger partial charge in [-0.1, -0.05) is 25.1 Å². The molecule has 0 aromatic heterocycles. The molecule has 2 aromatic carbocycles. The number of anilines is 1. The third-order valence-corrected chi connectivity index (χ3v) is 5.50. The van der Waals surface area contributed by atoms with Crippen molar-refractivity contribution in [2.75, 3.05) is 31.7 Å². The second kappa shape index (κ2) is 9.27. The van der Waals surface area contributed by atoms with Crippen LogP contribution < -0.4 is 13.8 Å². The second-order valence-corrected chi connectivity index (χ2v) is 7.45. The first kappa shape index (κ1) is 20.6. The Labute approximate surface area is 159 Å². The Morgan fingerprint density at radius 2 is 1.74 bits per heavy atom. The Morgan fingerprint density at radius 1 is 1.04 bits per heavy atom. The molecule has 0 saturated heterocycles. The largest absolute Gasteiger partial charge is 0.497 e. The first-order valence-electron chi connectivity index (χ1n) is 8.39. The lowest BCUT2D eigenvalue weighted by Gasteiger charge is -2.25. The van der Waals surface area contributed by atoms with Crippen LogP contribution in [0.15, 0.2) is 53.4 Å². The van der Waals surface area contributed by atoms with E-state index in [1.54, 1.807) is 30.3 Å². The van der Waals surface area contributed by atoms with E-state index in [9.17, 15) is 13.2 Å². The number of esters is 1. The van der Waals surface area contributed by atoms with E-state index >= 15 is 0 Å². The van der Waals surface area contributed by atoms with E-state index < -0.39 is 22.5 Å². The molecule has 0 amide bonds. The molecule has 2 aromatic rings. The van der Waals surface area contributed by atoms with Crippen LogP contribution in [-0.2, 0) is 19.6 Å². The van der Waals surface area contributed by atoms with Crippen LogP contribution in [0, 0.1) is 0 Å². The number of ether oxygens (including phenoxy) is 3. The maximum atomic E-state index is 13.2. The molecule has 27 heavy (non-hydrogen) atoms. The number of carbonyl (C=O) groups is 1. The van der Waals surface area contributed by atoms with E-state index in [2.05, 4.69) is 0 Å². The molecule has 0 heterocycles. The van der Waals surface area contributed by atoms with Gasteiger partial charge in [-0.15, -0.1) is 0 Å². The Morgan fingerprint density at radius 3 is 2.33 bits per heavy atom. The molecule has 7 nitrogen and oxygen atoms in total. The molecule has 8 heteroatoms. The summed E-state index contributed by atoms with van der Waals surface area (Å²) in [6, 6.07) is 12.6. The number of rotatable bonds is 9. The predicted molar refractivity (Wildman–Crippen MR) is 102 cm³/mol. The summed E-state index contributed by atoms with van der Waals surface area (Å²) in [5.41, 5.74) is 0.189. The normalized spacial score (nSPS) is 10.9. The van der Waals surface area contributed by atoms with Crippen molar-refractivity contribution in [3.05, 3.63) is 48.5 Å². The molecule has 2 rings (SSSR count). The summed E-state index contributed by atoms with van der Waals surface area (Å²) in [5, 5.41) is 0. The SMILES string of the molecule is CCCOC(=O)CN(c1cc(OC)ccc1OC)S(=O)(=O)c1ccccc1. The molecule has 0 fully saturated rings. The van der Waals surface area contributed by atoms with Crippen LogP contribution >= 0.6 is 0 Å². The second-order valence-electron chi connectivity index (χ2n) is 5.58. The topological polar surface area (TPSA) is 82.1 Å². The minimum absolute atomic E-state index is 0.0539. The summed E-state index contributed by atoms with van der Waals surface area (Å²) in [6.45, 7) is 1.59. The van der Waals surface area contributed by atoms with Crippen molar-refractivity contribution in [2.45, 2.75) is 18.2 Å². The molecule has 0 saturated carbocycles. The van der Waals surface area contributed by atoms with Gasteiger partial charge in [0, 0.05) is 6.07 Å². The van der Waals surface area contributed by atoms with Crippen LogP contribution in [0.3, 0.4) is 0 Å². The van der Waals surface area contributed by atoms with Crippen molar-refractivity contribution in [1.29, 1.82) is 0 Å². The number of carbonyl (C=O) groups excluding carboxylic acids is 1. The van der Waals surface area contributed by atoms with Crippen LogP contribution in [0.2, 0.25) is 0 Å². The predicted octanol–water partition coefficient (Wildman–Crippen LogP) is 2.85. The van der Waals surface area contributed by atoms with Gasteiger partial charge in [0.1, 0.15) is 18.0 Å². The third kappa shape index (κ3) is 4.91. The first-order valence-corrected chi connectivity index (χ1v) is 9.83. The number of sulfonamides is 1. The van der Waals surface area contributed by atoms with Crippen LogP contribution in [0.1, 0.15) is 13.3 Å². The van der Waals surface area contributed by atoms with Crippen molar-refractivity contribution in [3.8, 4) is 11.5 Å². The Hall–Kier alpha value is -2.74. The molecular formula is C19H23NO6S. The molecule has 146 valence electrons. The van der Waals surface area contributed by atoms with Crippen molar-refractivity contribution >= 4 is 21.7 Å². The molecule has 0 spiro atoms. The molecular weight excluding hydrogens is 370 g/mol. The highest BCUT2D eigenvalue weighted by Gasteiger charge is 2.30. The summed E-state index contributed by atoms with van der Waals surface area (Å²) in [7, 11) is -1.14. The first-order chi connectivity index (χ1) is 12.9. The molecule has 0 bridgehead atoms. The fourth-order valence-electron chi connectivity index (χ4n) is 2.39. The van der Waals surface area contributed by atoms with Gasteiger partial charge in [0.25, 0.3) is 10.0 Å². The molecule has 0 atom stereocenters. The fourth-order valence-corrected chi connectivity index (χ4v) is 3.82. The minimum atomic E-state index is -4.03. The molecule has 0 aliphatic rings. The van der Waals surface area contributed by atoms with Crippen LogP contribution in [0.5, 0.6) is 11.5 Å². The van der Waals surface area contributed by atoms with Gasteiger partial charge in [-0.3, -0.25) is 9.10 Å². The summed E-state index contributed by atoms with van der Waals surface area (Å²) in [6.07, 6.45) is 0.639. The average molecular weight is 393 g/mol. The maximum absolute atomic E-state index is 13.2. The molecule has 0 aliphatic heterocycles. The molecule has 0 unspecified atom stereocenters. The van der Waals surface area contributed by atoms with Gasteiger partial charge in [0.15, 0.2) is 0 Å². The van der Waals surface area contributed by atoms with Gasteiger partial charge < -0.3 is 14.2 Å².